The molecular weight excluding hydrogens is 324 g/mol. The fourth-order valence-corrected chi connectivity index (χ4v) is 2.16. The van der Waals surface area contributed by atoms with Gasteiger partial charge in [-0.3, -0.25) is 4.79 Å². The lowest BCUT2D eigenvalue weighted by atomic mass is 10.1. The van der Waals surface area contributed by atoms with Crippen molar-refractivity contribution in [2.75, 3.05) is 0 Å². The molecule has 0 aliphatic heterocycles. The third kappa shape index (κ3) is 4.83. The normalized spacial score (nSPS) is 10.2. The predicted molar refractivity (Wildman–Crippen MR) is 102 cm³/mol. The molecule has 0 spiro atoms. The Hall–Kier alpha value is -3.84. The van der Waals surface area contributed by atoms with Gasteiger partial charge in [-0.1, -0.05) is 42.2 Å². The smallest absolute Gasteiger partial charge is 0.271 e. The van der Waals surface area contributed by atoms with Crippen molar-refractivity contribution >= 4 is 12.1 Å². The summed E-state index contributed by atoms with van der Waals surface area (Å²) in [5, 5.41) is 13.2. The highest BCUT2D eigenvalue weighted by molar-refractivity contribution is 5.95. The average molecular weight is 340 g/mol. The Balaban J connectivity index is 1.59. The van der Waals surface area contributed by atoms with Crippen LogP contribution in [-0.2, 0) is 0 Å². The lowest BCUT2D eigenvalue weighted by molar-refractivity contribution is 0.0955. The highest BCUT2D eigenvalue weighted by Gasteiger charge is 2.03. The molecule has 0 aliphatic carbocycles. The number of carbonyl (C=O) groups excluding carboxylic acids is 1. The molecule has 0 aromatic heterocycles. The molecule has 2 N–H and O–H groups in total. The van der Waals surface area contributed by atoms with E-state index < -0.39 is 0 Å². The molecule has 26 heavy (non-hydrogen) atoms. The van der Waals surface area contributed by atoms with Gasteiger partial charge >= 0.3 is 0 Å². The molecule has 3 aromatic carbocycles. The van der Waals surface area contributed by atoms with Crippen LogP contribution in [0, 0.1) is 11.8 Å². The number of phenols is 1. The number of carbonyl (C=O) groups is 1. The van der Waals surface area contributed by atoms with Gasteiger partial charge in [0.25, 0.3) is 5.91 Å². The predicted octanol–water partition coefficient (Wildman–Crippen LogP) is 3.56. The molecule has 3 aromatic rings. The Labute approximate surface area is 151 Å². The van der Waals surface area contributed by atoms with Crippen LogP contribution in [0.4, 0.5) is 0 Å². The molecule has 4 nitrogen and oxygen atoms in total. The number of hydrogen-bond donors (Lipinski definition) is 2. The van der Waals surface area contributed by atoms with E-state index in [4.69, 9.17) is 0 Å². The molecule has 0 saturated heterocycles. The SMILES string of the molecule is O=C(N/N=C/c1ccc(C#Cc2ccccc2)cc1)c1ccc(O)cc1. The van der Waals surface area contributed by atoms with Crippen LogP contribution in [0.3, 0.4) is 0 Å². The van der Waals surface area contributed by atoms with E-state index in [1.807, 2.05) is 54.6 Å². The van der Waals surface area contributed by atoms with Crippen molar-refractivity contribution in [2.45, 2.75) is 0 Å². The summed E-state index contributed by atoms with van der Waals surface area (Å²) in [6.07, 6.45) is 1.56. The third-order valence-corrected chi connectivity index (χ3v) is 3.54. The fraction of sp³-hybridized carbons (Fsp3) is 0. The van der Waals surface area contributed by atoms with Crippen LogP contribution >= 0.6 is 0 Å². The van der Waals surface area contributed by atoms with Crippen molar-refractivity contribution in [2.24, 2.45) is 5.10 Å². The van der Waals surface area contributed by atoms with Crippen molar-refractivity contribution in [1.82, 2.24) is 5.43 Å². The molecular formula is C22H16N2O2. The van der Waals surface area contributed by atoms with Crippen molar-refractivity contribution in [1.29, 1.82) is 0 Å². The summed E-state index contributed by atoms with van der Waals surface area (Å²) in [4.78, 5) is 11.9. The number of phenolic OH excluding ortho intramolecular Hbond substituents is 1. The van der Waals surface area contributed by atoms with E-state index in [-0.39, 0.29) is 11.7 Å². The molecule has 3 rings (SSSR count). The minimum Gasteiger partial charge on any atom is -0.508 e. The second-order valence-electron chi connectivity index (χ2n) is 5.48. The number of benzene rings is 3. The standard InChI is InChI=1S/C22H16N2O2/c25-21-14-12-20(13-15-21)22(26)24-23-16-19-10-8-18(9-11-19)7-6-17-4-2-1-3-5-17/h1-5,8-16,25H,(H,24,26)/b23-16+. The second-order valence-corrected chi connectivity index (χ2v) is 5.48. The maximum Gasteiger partial charge on any atom is 0.271 e. The van der Waals surface area contributed by atoms with E-state index in [0.717, 1.165) is 16.7 Å². The second kappa shape index (κ2) is 8.32. The zero-order valence-electron chi connectivity index (χ0n) is 13.9. The largest absolute Gasteiger partial charge is 0.508 e. The quantitative estimate of drug-likeness (QED) is 0.435. The summed E-state index contributed by atoms with van der Waals surface area (Å²) in [6, 6.07) is 23.3. The van der Waals surface area contributed by atoms with Crippen LogP contribution in [0.25, 0.3) is 0 Å². The van der Waals surface area contributed by atoms with Gasteiger partial charge in [0.05, 0.1) is 6.21 Å². The summed E-state index contributed by atoms with van der Waals surface area (Å²) < 4.78 is 0. The molecule has 0 radical (unpaired) electrons. The van der Waals surface area contributed by atoms with Gasteiger partial charge in [-0.15, -0.1) is 0 Å². The molecule has 126 valence electrons. The van der Waals surface area contributed by atoms with Crippen molar-refractivity contribution in [3.63, 3.8) is 0 Å². The average Bonchev–Trinajstić information content (AvgIpc) is 2.68. The van der Waals surface area contributed by atoms with Gasteiger partial charge in [0.15, 0.2) is 0 Å². The monoisotopic (exact) mass is 340 g/mol. The van der Waals surface area contributed by atoms with Gasteiger partial charge in [0.2, 0.25) is 0 Å². The van der Waals surface area contributed by atoms with Gasteiger partial charge < -0.3 is 5.11 Å². The maximum absolute atomic E-state index is 11.9. The summed E-state index contributed by atoms with van der Waals surface area (Å²) in [6.45, 7) is 0. The van der Waals surface area contributed by atoms with E-state index in [1.54, 1.807) is 6.21 Å². The van der Waals surface area contributed by atoms with E-state index in [2.05, 4.69) is 22.4 Å². The van der Waals surface area contributed by atoms with Crippen molar-refractivity contribution in [3.05, 3.63) is 101 Å². The summed E-state index contributed by atoms with van der Waals surface area (Å²) in [5.74, 6) is 5.98. The highest BCUT2D eigenvalue weighted by atomic mass is 16.3. The number of nitrogens with zero attached hydrogens (tertiary/aromatic N) is 1. The first-order valence-electron chi connectivity index (χ1n) is 8.00. The van der Waals surface area contributed by atoms with Gasteiger partial charge in [-0.2, -0.15) is 5.10 Å². The number of amides is 1. The summed E-state index contributed by atoms with van der Waals surface area (Å²) >= 11 is 0. The van der Waals surface area contributed by atoms with E-state index in [1.165, 1.54) is 24.3 Å². The van der Waals surface area contributed by atoms with E-state index in [0.29, 0.717) is 5.56 Å². The lowest BCUT2D eigenvalue weighted by Crippen LogP contribution is -2.17. The van der Waals surface area contributed by atoms with Crippen LogP contribution in [0.2, 0.25) is 0 Å². The molecule has 0 atom stereocenters. The first kappa shape index (κ1) is 17.0. The lowest BCUT2D eigenvalue weighted by Gasteiger charge is -2.00. The van der Waals surface area contributed by atoms with Crippen LogP contribution < -0.4 is 5.43 Å². The summed E-state index contributed by atoms with van der Waals surface area (Å²) in [5.41, 5.74) is 5.59. The topological polar surface area (TPSA) is 61.7 Å². The molecule has 0 bridgehead atoms. The van der Waals surface area contributed by atoms with Gasteiger partial charge in [0.1, 0.15) is 5.75 Å². The number of hydrogen-bond acceptors (Lipinski definition) is 3. The number of rotatable bonds is 3. The minimum absolute atomic E-state index is 0.112. The number of aromatic hydroxyl groups is 1. The molecule has 4 heteroatoms. The molecule has 0 unspecified atom stereocenters. The fourth-order valence-electron chi connectivity index (χ4n) is 2.16. The Morgan fingerprint density at radius 2 is 1.46 bits per heavy atom. The molecule has 0 aliphatic rings. The van der Waals surface area contributed by atoms with Crippen LogP contribution in [0.1, 0.15) is 27.0 Å². The van der Waals surface area contributed by atoms with Gasteiger partial charge in [-0.05, 0) is 54.1 Å². The van der Waals surface area contributed by atoms with Crippen LogP contribution in [-0.4, -0.2) is 17.2 Å². The van der Waals surface area contributed by atoms with Crippen molar-refractivity contribution in [3.8, 4) is 17.6 Å². The van der Waals surface area contributed by atoms with Crippen LogP contribution in [0.15, 0.2) is 84.0 Å². The Kier molecular flexibility index (Phi) is 5.44. The Morgan fingerprint density at radius 3 is 2.12 bits per heavy atom. The third-order valence-electron chi connectivity index (χ3n) is 3.54. The maximum atomic E-state index is 11.9. The zero-order chi connectivity index (χ0) is 18.2. The van der Waals surface area contributed by atoms with Crippen molar-refractivity contribution < 1.29 is 9.90 Å². The Bertz CT molecular complexity index is 965. The summed E-state index contributed by atoms with van der Waals surface area (Å²) in [7, 11) is 0. The van der Waals surface area contributed by atoms with Gasteiger partial charge in [0, 0.05) is 16.7 Å². The highest BCUT2D eigenvalue weighted by Crippen LogP contribution is 2.09. The first-order valence-corrected chi connectivity index (χ1v) is 8.00. The molecule has 0 saturated carbocycles. The molecule has 0 fully saturated rings. The number of nitrogens with one attached hydrogen (secondary N) is 1. The zero-order valence-corrected chi connectivity index (χ0v) is 13.9. The van der Waals surface area contributed by atoms with Gasteiger partial charge in [-0.25, -0.2) is 5.43 Å². The van der Waals surface area contributed by atoms with Crippen LogP contribution in [0.5, 0.6) is 5.75 Å². The minimum atomic E-state index is -0.341. The molecule has 0 heterocycles. The Morgan fingerprint density at radius 1 is 0.846 bits per heavy atom. The van der Waals surface area contributed by atoms with E-state index in [9.17, 15) is 9.90 Å². The molecule has 1 amide bonds. The van der Waals surface area contributed by atoms with E-state index >= 15 is 0 Å². The number of hydrazone groups is 1. The first-order chi connectivity index (χ1) is 12.7.